The molecule has 5 nitrogen and oxygen atoms in total. The number of ether oxygens (including phenoxy) is 3. The Bertz CT molecular complexity index is 687. The van der Waals surface area contributed by atoms with Crippen molar-refractivity contribution in [2.45, 2.75) is 18.9 Å². The van der Waals surface area contributed by atoms with Crippen LogP contribution in [0.3, 0.4) is 0 Å². The van der Waals surface area contributed by atoms with E-state index < -0.39 is 0 Å². The molecule has 0 aliphatic rings. The first-order valence-corrected chi connectivity index (χ1v) is 8.70. The summed E-state index contributed by atoms with van der Waals surface area (Å²) in [6.07, 6.45) is 1.45. The Morgan fingerprint density at radius 3 is 2.62 bits per heavy atom. The molecule has 1 atom stereocenters. The summed E-state index contributed by atoms with van der Waals surface area (Å²) in [7, 11) is 5.54. The number of aryl methyl sites for hydroxylation is 2. The molecule has 0 heterocycles. The van der Waals surface area contributed by atoms with Gasteiger partial charge in [-0.3, -0.25) is 4.79 Å². The van der Waals surface area contributed by atoms with Crippen molar-refractivity contribution in [3.8, 4) is 11.5 Å². The third-order valence-electron chi connectivity index (χ3n) is 4.03. The second-order valence-electron chi connectivity index (χ2n) is 6.39. The lowest BCUT2D eigenvalue weighted by atomic mass is 10.0. The third kappa shape index (κ3) is 6.41. The summed E-state index contributed by atoms with van der Waals surface area (Å²) < 4.78 is 16.3. The first-order chi connectivity index (χ1) is 12.6. The van der Waals surface area contributed by atoms with Crippen molar-refractivity contribution in [1.29, 1.82) is 0 Å². The minimum atomic E-state index is -0.297. The van der Waals surface area contributed by atoms with Crippen LogP contribution in [0.1, 0.15) is 11.1 Å². The number of carbonyl (C=O) groups is 1. The minimum Gasteiger partial charge on any atom is -0.497 e. The molecule has 0 N–H and O–H groups in total. The molecular weight excluding hydrogens is 330 g/mol. The Balaban J connectivity index is 1.98. The van der Waals surface area contributed by atoms with E-state index in [0.29, 0.717) is 19.6 Å². The molecule has 140 valence electrons. The van der Waals surface area contributed by atoms with Gasteiger partial charge in [0.15, 0.2) is 0 Å². The first kappa shape index (κ1) is 19.8. The first-order valence-electron chi connectivity index (χ1n) is 8.70. The van der Waals surface area contributed by atoms with Crippen LogP contribution < -0.4 is 9.47 Å². The predicted octanol–water partition coefficient (Wildman–Crippen LogP) is 2.96. The molecule has 5 heteroatoms. The normalized spacial score (nSPS) is 11.8. The number of nitrogens with zero attached hydrogens (tertiary/aromatic N) is 1. The Hall–Kier alpha value is -2.53. The van der Waals surface area contributed by atoms with Gasteiger partial charge in [-0.25, -0.2) is 0 Å². The lowest BCUT2D eigenvalue weighted by molar-refractivity contribution is -0.135. The van der Waals surface area contributed by atoms with Gasteiger partial charge in [0.25, 0.3) is 6.47 Å². The largest absolute Gasteiger partial charge is 0.497 e. The molecule has 0 aliphatic heterocycles. The van der Waals surface area contributed by atoms with Crippen LogP contribution in [0.2, 0.25) is 0 Å². The van der Waals surface area contributed by atoms with Gasteiger partial charge in [0.2, 0.25) is 0 Å². The molecule has 2 rings (SSSR count). The second-order valence-corrected chi connectivity index (χ2v) is 6.39. The number of para-hydroxylation sites is 1. The van der Waals surface area contributed by atoms with E-state index in [-0.39, 0.29) is 6.10 Å². The van der Waals surface area contributed by atoms with E-state index in [1.165, 1.54) is 5.56 Å². The number of methoxy groups -OCH3 is 1. The Morgan fingerprint density at radius 1 is 1.08 bits per heavy atom. The van der Waals surface area contributed by atoms with Crippen LogP contribution in [-0.4, -0.2) is 51.8 Å². The number of carbonyl (C=O) groups excluding carboxylic acids is 1. The molecule has 0 spiro atoms. The van der Waals surface area contributed by atoms with Gasteiger partial charge in [-0.05, 0) is 56.3 Å². The van der Waals surface area contributed by atoms with Gasteiger partial charge in [-0.2, -0.15) is 0 Å². The Kier molecular flexibility index (Phi) is 7.96. The van der Waals surface area contributed by atoms with Crippen molar-refractivity contribution in [2.75, 3.05) is 34.4 Å². The van der Waals surface area contributed by atoms with Crippen LogP contribution in [0, 0.1) is 0 Å². The molecule has 0 aliphatic carbocycles. The zero-order valence-electron chi connectivity index (χ0n) is 15.7. The minimum absolute atomic E-state index is 0.297. The maximum absolute atomic E-state index is 10.7. The van der Waals surface area contributed by atoms with E-state index in [4.69, 9.17) is 14.2 Å². The number of hydrogen-bond acceptors (Lipinski definition) is 5. The van der Waals surface area contributed by atoms with Gasteiger partial charge in [-0.1, -0.05) is 30.3 Å². The zero-order valence-corrected chi connectivity index (χ0v) is 15.7. The maximum atomic E-state index is 10.7. The highest BCUT2D eigenvalue weighted by atomic mass is 16.6. The van der Waals surface area contributed by atoms with Crippen molar-refractivity contribution < 1.29 is 19.0 Å². The lowest BCUT2D eigenvalue weighted by Crippen LogP contribution is -2.33. The average molecular weight is 357 g/mol. The lowest BCUT2D eigenvalue weighted by Gasteiger charge is -2.20. The molecule has 0 saturated heterocycles. The molecule has 0 aromatic heterocycles. The van der Waals surface area contributed by atoms with Crippen molar-refractivity contribution in [3.05, 3.63) is 59.7 Å². The summed E-state index contributed by atoms with van der Waals surface area (Å²) >= 11 is 0. The number of benzene rings is 2. The van der Waals surface area contributed by atoms with E-state index in [9.17, 15) is 4.79 Å². The van der Waals surface area contributed by atoms with Crippen molar-refractivity contribution in [3.63, 3.8) is 0 Å². The second kappa shape index (κ2) is 10.5. The summed E-state index contributed by atoms with van der Waals surface area (Å²) in [5.74, 6) is 1.69. The Labute approximate surface area is 155 Å². The molecule has 0 fully saturated rings. The van der Waals surface area contributed by atoms with E-state index >= 15 is 0 Å². The summed E-state index contributed by atoms with van der Waals surface area (Å²) in [6, 6.07) is 16.1. The third-order valence-corrected chi connectivity index (χ3v) is 4.03. The van der Waals surface area contributed by atoms with E-state index in [0.717, 1.165) is 29.9 Å². The fraction of sp³-hybridized carbons (Fsp3) is 0.381. The van der Waals surface area contributed by atoms with Crippen molar-refractivity contribution in [2.24, 2.45) is 0 Å². The smallest absolute Gasteiger partial charge is 0.293 e. The molecule has 26 heavy (non-hydrogen) atoms. The van der Waals surface area contributed by atoms with Crippen molar-refractivity contribution >= 4 is 6.47 Å². The van der Waals surface area contributed by atoms with Gasteiger partial charge >= 0.3 is 0 Å². The Morgan fingerprint density at radius 2 is 1.88 bits per heavy atom. The fourth-order valence-electron chi connectivity index (χ4n) is 2.76. The SMILES string of the molecule is COc1cccc(CCc2ccccc2OCC(CN(C)C)OC=O)c1. The van der Waals surface area contributed by atoms with Crippen molar-refractivity contribution in [1.82, 2.24) is 4.90 Å². The molecule has 2 aromatic carbocycles. The van der Waals surface area contributed by atoms with E-state index in [2.05, 4.69) is 18.2 Å². The van der Waals surface area contributed by atoms with Crippen LogP contribution in [0.25, 0.3) is 0 Å². The molecule has 0 radical (unpaired) electrons. The number of likely N-dealkylation sites (N-methyl/N-ethyl adjacent to an activating group) is 1. The quantitative estimate of drug-likeness (QED) is 0.579. The molecule has 0 saturated carbocycles. The zero-order chi connectivity index (χ0) is 18.8. The maximum Gasteiger partial charge on any atom is 0.293 e. The number of rotatable bonds is 11. The van der Waals surface area contributed by atoms with Gasteiger partial charge in [0, 0.05) is 6.54 Å². The predicted molar refractivity (Wildman–Crippen MR) is 102 cm³/mol. The molecule has 1 unspecified atom stereocenters. The highest BCUT2D eigenvalue weighted by molar-refractivity contribution is 5.38. The summed E-state index contributed by atoms with van der Waals surface area (Å²) in [6.45, 7) is 1.42. The van der Waals surface area contributed by atoms with Crippen LogP contribution in [-0.2, 0) is 22.4 Å². The van der Waals surface area contributed by atoms with Crippen LogP contribution >= 0.6 is 0 Å². The fourth-order valence-corrected chi connectivity index (χ4v) is 2.76. The summed E-state index contributed by atoms with van der Waals surface area (Å²) in [4.78, 5) is 12.6. The molecule has 0 amide bonds. The van der Waals surface area contributed by atoms with Crippen LogP contribution in [0.4, 0.5) is 0 Å². The highest BCUT2D eigenvalue weighted by Gasteiger charge is 2.13. The van der Waals surface area contributed by atoms with Gasteiger partial charge in [0.05, 0.1) is 7.11 Å². The molecule has 2 aromatic rings. The van der Waals surface area contributed by atoms with E-state index in [1.54, 1.807) is 7.11 Å². The van der Waals surface area contributed by atoms with Gasteiger partial charge in [-0.15, -0.1) is 0 Å². The topological polar surface area (TPSA) is 48.0 Å². The molecule has 0 bridgehead atoms. The van der Waals surface area contributed by atoms with Crippen LogP contribution in [0.5, 0.6) is 11.5 Å². The summed E-state index contributed by atoms with van der Waals surface area (Å²) in [5.41, 5.74) is 2.35. The van der Waals surface area contributed by atoms with Crippen LogP contribution in [0.15, 0.2) is 48.5 Å². The molecular formula is C21H27NO4. The number of hydrogen-bond donors (Lipinski definition) is 0. The van der Waals surface area contributed by atoms with Gasteiger partial charge in [0.1, 0.15) is 24.2 Å². The average Bonchev–Trinajstić information content (AvgIpc) is 2.65. The standard InChI is InChI=1S/C21H27NO4/c1-22(2)14-20(26-16-23)15-25-21-10-5-4-8-18(21)12-11-17-7-6-9-19(13-17)24-3/h4-10,13,16,20H,11-12,14-15H2,1-3H3. The monoisotopic (exact) mass is 357 g/mol. The summed E-state index contributed by atoms with van der Waals surface area (Å²) in [5, 5.41) is 0. The van der Waals surface area contributed by atoms with E-state index in [1.807, 2.05) is 49.3 Å². The van der Waals surface area contributed by atoms with Gasteiger partial charge < -0.3 is 19.1 Å². The highest BCUT2D eigenvalue weighted by Crippen LogP contribution is 2.21.